The highest BCUT2D eigenvalue weighted by atomic mass is 35.5. The van der Waals surface area contributed by atoms with Gasteiger partial charge >= 0.3 is 0 Å². The molecule has 2 aromatic heterocycles. The molecule has 0 fully saturated rings. The second-order valence-corrected chi connectivity index (χ2v) is 6.79. The van der Waals surface area contributed by atoms with Crippen molar-refractivity contribution in [2.45, 2.75) is 26.7 Å². The topological polar surface area (TPSA) is 38.7 Å². The highest BCUT2D eigenvalue weighted by Crippen LogP contribution is 2.20. The Kier molecular flexibility index (Phi) is 4.10. The molecule has 0 N–H and O–H groups in total. The van der Waals surface area contributed by atoms with E-state index in [2.05, 4.69) is 18.0 Å². The van der Waals surface area contributed by atoms with Gasteiger partial charge in [-0.1, -0.05) is 41.4 Å². The summed E-state index contributed by atoms with van der Waals surface area (Å²) in [5.41, 5.74) is 5.08. The maximum absolute atomic E-state index is 6.06. The first-order chi connectivity index (χ1) is 12.1. The summed E-state index contributed by atoms with van der Waals surface area (Å²) < 4.78 is 0. The van der Waals surface area contributed by atoms with Gasteiger partial charge in [0, 0.05) is 21.5 Å². The minimum atomic E-state index is 0.665. The lowest BCUT2D eigenvalue weighted by atomic mass is 9.99. The predicted molar refractivity (Wildman–Crippen MR) is 102 cm³/mol. The van der Waals surface area contributed by atoms with Gasteiger partial charge in [0.25, 0.3) is 0 Å². The number of pyridine rings is 1. The smallest absolute Gasteiger partial charge is 0.179 e. The molecule has 1 aliphatic carbocycles. The van der Waals surface area contributed by atoms with E-state index in [4.69, 9.17) is 21.6 Å². The number of aromatic nitrogens is 3. The number of hydrogen-bond donors (Lipinski definition) is 0. The van der Waals surface area contributed by atoms with Crippen LogP contribution in [-0.2, 0) is 0 Å². The molecule has 1 aromatic carbocycles. The van der Waals surface area contributed by atoms with Crippen LogP contribution in [0.25, 0.3) is 34.4 Å². The van der Waals surface area contributed by atoms with Crippen LogP contribution < -0.4 is 10.6 Å². The first-order valence-corrected chi connectivity index (χ1v) is 8.77. The van der Waals surface area contributed by atoms with Crippen molar-refractivity contribution in [1.29, 1.82) is 0 Å². The van der Waals surface area contributed by atoms with Crippen LogP contribution in [-0.4, -0.2) is 15.0 Å². The maximum atomic E-state index is 6.06. The second kappa shape index (κ2) is 6.41. The Morgan fingerprint density at radius 1 is 0.920 bits per heavy atom. The summed E-state index contributed by atoms with van der Waals surface area (Å²) in [7, 11) is 0. The van der Waals surface area contributed by atoms with E-state index in [0.29, 0.717) is 5.82 Å². The molecule has 0 spiro atoms. The third kappa shape index (κ3) is 3.08. The summed E-state index contributed by atoms with van der Waals surface area (Å²) in [6.07, 6.45) is 4.25. The van der Waals surface area contributed by atoms with Crippen LogP contribution in [0.1, 0.15) is 25.5 Å². The van der Waals surface area contributed by atoms with Crippen LogP contribution >= 0.6 is 11.6 Å². The molecular formula is C21H18ClN3. The summed E-state index contributed by atoms with van der Waals surface area (Å²) in [5.74, 6) is 0.665. The molecule has 4 rings (SSSR count). The monoisotopic (exact) mass is 347 g/mol. The molecular weight excluding hydrogens is 330 g/mol. The van der Waals surface area contributed by atoms with Gasteiger partial charge < -0.3 is 0 Å². The van der Waals surface area contributed by atoms with Gasteiger partial charge in [-0.3, -0.25) is 0 Å². The van der Waals surface area contributed by atoms with E-state index < -0.39 is 0 Å². The molecule has 4 heteroatoms. The van der Waals surface area contributed by atoms with E-state index in [1.165, 1.54) is 5.57 Å². The van der Waals surface area contributed by atoms with Gasteiger partial charge in [-0.2, -0.15) is 0 Å². The predicted octanol–water partition coefficient (Wildman–Crippen LogP) is 3.91. The first kappa shape index (κ1) is 16.0. The lowest BCUT2D eigenvalue weighted by molar-refractivity contribution is 1.00. The van der Waals surface area contributed by atoms with Crippen molar-refractivity contribution in [3.63, 3.8) is 0 Å². The summed E-state index contributed by atoms with van der Waals surface area (Å²) in [6, 6.07) is 13.8. The van der Waals surface area contributed by atoms with Crippen molar-refractivity contribution in [1.82, 2.24) is 15.0 Å². The fourth-order valence-corrected chi connectivity index (χ4v) is 3.32. The summed E-state index contributed by atoms with van der Waals surface area (Å²) >= 11 is 6.06. The summed E-state index contributed by atoms with van der Waals surface area (Å²) in [6.45, 7) is 4.14. The van der Waals surface area contributed by atoms with Crippen LogP contribution in [0, 0.1) is 6.92 Å². The van der Waals surface area contributed by atoms with Crippen molar-refractivity contribution in [2.75, 3.05) is 0 Å². The Labute approximate surface area is 151 Å². The number of nitrogens with zero attached hydrogens (tertiary/aromatic N) is 3. The maximum Gasteiger partial charge on any atom is 0.179 e. The first-order valence-electron chi connectivity index (χ1n) is 8.40. The quantitative estimate of drug-likeness (QED) is 0.705. The third-order valence-electron chi connectivity index (χ3n) is 4.46. The molecule has 0 bridgehead atoms. The lowest BCUT2D eigenvalue weighted by Gasteiger charge is -2.12. The zero-order valence-electron chi connectivity index (χ0n) is 14.3. The number of hydrogen-bond acceptors (Lipinski definition) is 3. The average molecular weight is 348 g/mol. The number of rotatable bonds is 2. The molecule has 0 aliphatic heterocycles. The highest BCUT2D eigenvalue weighted by molar-refractivity contribution is 6.30. The van der Waals surface area contributed by atoms with Crippen LogP contribution in [0.5, 0.6) is 0 Å². The largest absolute Gasteiger partial charge is 0.250 e. The van der Waals surface area contributed by atoms with Crippen molar-refractivity contribution >= 4 is 23.3 Å². The molecule has 0 atom stereocenters. The van der Waals surface area contributed by atoms with Crippen LogP contribution in [0.15, 0.2) is 42.5 Å². The number of aryl methyl sites for hydroxylation is 1. The summed E-state index contributed by atoms with van der Waals surface area (Å²) in [5, 5.41) is 2.87. The Balaban J connectivity index is 2.04. The van der Waals surface area contributed by atoms with Crippen LogP contribution in [0.2, 0.25) is 5.02 Å². The fourth-order valence-electron chi connectivity index (χ4n) is 3.20. The van der Waals surface area contributed by atoms with Crippen LogP contribution in [0.4, 0.5) is 0 Å². The molecule has 3 nitrogen and oxygen atoms in total. The van der Waals surface area contributed by atoms with Gasteiger partial charge in [0.2, 0.25) is 0 Å². The minimum Gasteiger partial charge on any atom is -0.250 e. The SMILES string of the molecule is CC1=c2c(-c3ccc(Cl)cc3)nc(-c3cccc(C)n3)nc2=CCC1. The number of halogens is 1. The van der Waals surface area contributed by atoms with Gasteiger partial charge in [-0.15, -0.1) is 0 Å². The second-order valence-electron chi connectivity index (χ2n) is 6.35. The van der Waals surface area contributed by atoms with E-state index in [1.54, 1.807) is 0 Å². The Morgan fingerprint density at radius 3 is 2.48 bits per heavy atom. The van der Waals surface area contributed by atoms with E-state index in [-0.39, 0.29) is 0 Å². The van der Waals surface area contributed by atoms with Gasteiger partial charge in [0.15, 0.2) is 5.82 Å². The zero-order valence-corrected chi connectivity index (χ0v) is 15.0. The molecule has 0 radical (unpaired) electrons. The van der Waals surface area contributed by atoms with Crippen molar-refractivity contribution < 1.29 is 0 Å². The lowest BCUT2D eigenvalue weighted by Crippen LogP contribution is -2.35. The molecule has 2 heterocycles. The standard InChI is InChI=1S/C21H18ClN3/c1-13-5-3-7-17-19(13)20(15-9-11-16(22)12-10-15)25-21(24-17)18-8-4-6-14(2)23-18/h4,6-12H,3,5H2,1-2H3. The molecule has 0 amide bonds. The van der Waals surface area contributed by atoms with Gasteiger partial charge in [0.1, 0.15) is 5.69 Å². The molecule has 0 saturated heterocycles. The van der Waals surface area contributed by atoms with Crippen molar-refractivity contribution in [2.24, 2.45) is 0 Å². The zero-order chi connectivity index (χ0) is 17.4. The van der Waals surface area contributed by atoms with Crippen molar-refractivity contribution in [3.8, 4) is 22.8 Å². The Hall–Kier alpha value is -2.52. The van der Waals surface area contributed by atoms with Gasteiger partial charge in [0.05, 0.1) is 11.0 Å². The normalized spacial score (nSPS) is 13.3. The summed E-state index contributed by atoms with van der Waals surface area (Å²) in [4.78, 5) is 14.3. The molecule has 0 unspecified atom stereocenters. The Bertz CT molecular complexity index is 1070. The van der Waals surface area contributed by atoms with E-state index in [9.17, 15) is 0 Å². The minimum absolute atomic E-state index is 0.665. The van der Waals surface area contributed by atoms with Crippen molar-refractivity contribution in [3.05, 3.63) is 63.7 Å². The fraction of sp³-hybridized carbons (Fsp3) is 0.190. The average Bonchev–Trinajstić information content (AvgIpc) is 2.62. The van der Waals surface area contributed by atoms with E-state index in [1.807, 2.05) is 49.4 Å². The number of benzene rings is 1. The third-order valence-corrected chi connectivity index (χ3v) is 4.71. The Morgan fingerprint density at radius 2 is 1.72 bits per heavy atom. The molecule has 1 aliphatic rings. The molecule has 3 aromatic rings. The van der Waals surface area contributed by atoms with E-state index >= 15 is 0 Å². The van der Waals surface area contributed by atoms with Crippen LogP contribution in [0.3, 0.4) is 0 Å². The van der Waals surface area contributed by atoms with Gasteiger partial charge in [-0.05, 0) is 51.0 Å². The molecule has 0 saturated carbocycles. The van der Waals surface area contributed by atoms with E-state index in [0.717, 1.165) is 51.1 Å². The highest BCUT2D eigenvalue weighted by Gasteiger charge is 2.13. The molecule has 25 heavy (non-hydrogen) atoms. The molecule has 124 valence electrons. The van der Waals surface area contributed by atoms with Gasteiger partial charge in [-0.25, -0.2) is 15.0 Å². The number of fused-ring (bicyclic) bond motifs is 1.